The smallest absolute Gasteiger partial charge is 0.351 e. The first-order valence-electron chi connectivity index (χ1n) is 5.71. The Morgan fingerprint density at radius 2 is 2.11 bits per heavy atom. The fraction of sp³-hybridized carbons (Fsp3) is 0.231. The van der Waals surface area contributed by atoms with Gasteiger partial charge in [-0.3, -0.25) is 0 Å². The van der Waals surface area contributed by atoms with Crippen molar-refractivity contribution in [1.82, 2.24) is 4.37 Å². The number of rotatable bonds is 5. The highest BCUT2D eigenvalue weighted by atomic mass is 79.9. The number of aromatic nitrogens is 1. The highest BCUT2D eigenvalue weighted by Gasteiger charge is 2.19. The van der Waals surface area contributed by atoms with Crippen LogP contribution in [0.25, 0.3) is 0 Å². The van der Waals surface area contributed by atoms with Gasteiger partial charge in [0.05, 0.1) is 6.61 Å². The summed E-state index contributed by atoms with van der Waals surface area (Å²) in [5.41, 5.74) is 1.04. The average Bonchev–Trinajstić information content (AvgIpc) is 2.79. The maximum absolute atomic E-state index is 11.6. The average molecular weight is 342 g/mol. The number of carbonyl (C=O) groups excluding carboxylic acids is 1. The van der Waals surface area contributed by atoms with E-state index in [1.54, 1.807) is 6.92 Å². The van der Waals surface area contributed by atoms with Crippen LogP contribution in [0.1, 0.15) is 22.2 Å². The molecule has 100 valence electrons. The zero-order valence-corrected chi connectivity index (χ0v) is 12.7. The first-order chi connectivity index (χ1) is 9.22. The molecule has 4 nitrogen and oxygen atoms in total. The number of carbonyl (C=O) groups is 1. The summed E-state index contributed by atoms with van der Waals surface area (Å²) in [4.78, 5) is 12.0. The highest BCUT2D eigenvalue weighted by molar-refractivity contribution is 9.10. The van der Waals surface area contributed by atoms with Crippen LogP contribution in [0.15, 0.2) is 34.8 Å². The molecule has 1 aromatic carbocycles. The van der Waals surface area contributed by atoms with Crippen molar-refractivity contribution >= 4 is 33.4 Å². The number of ether oxygens (including phenoxy) is 2. The predicted octanol–water partition coefficient (Wildman–Crippen LogP) is 3.66. The Morgan fingerprint density at radius 3 is 2.79 bits per heavy atom. The Bertz CT molecular complexity index is 556. The van der Waals surface area contributed by atoms with Gasteiger partial charge in [-0.25, -0.2) is 4.79 Å². The summed E-state index contributed by atoms with van der Waals surface area (Å²) in [5, 5.41) is 0. The molecule has 0 aliphatic rings. The molecule has 19 heavy (non-hydrogen) atoms. The predicted molar refractivity (Wildman–Crippen MR) is 76.5 cm³/mol. The molecule has 2 aromatic rings. The van der Waals surface area contributed by atoms with E-state index in [0.717, 1.165) is 17.1 Å². The van der Waals surface area contributed by atoms with E-state index in [4.69, 9.17) is 9.47 Å². The number of halogens is 1. The first kappa shape index (κ1) is 14.0. The molecule has 0 bridgehead atoms. The molecule has 2 rings (SSSR count). The molecule has 1 heterocycles. The number of hydrogen-bond donors (Lipinski definition) is 0. The van der Waals surface area contributed by atoms with Crippen LogP contribution in [0.4, 0.5) is 0 Å². The lowest BCUT2D eigenvalue weighted by atomic mass is 10.2. The number of benzene rings is 1. The van der Waals surface area contributed by atoms with Crippen molar-refractivity contribution in [3.05, 3.63) is 45.2 Å². The fourth-order valence-corrected chi connectivity index (χ4v) is 2.72. The SMILES string of the molecule is CCOC(=O)c1snc(OCc2ccccc2)c1Br. The Labute approximate surface area is 123 Å². The molecule has 0 saturated carbocycles. The molecule has 0 unspecified atom stereocenters. The topological polar surface area (TPSA) is 48.4 Å². The van der Waals surface area contributed by atoms with Gasteiger partial charge in [-0.15, -0.1) is 0 Å². The molecular weight excluding hydrogens is 330 g/mol. The number of nitrogens with zero attached hydrogens (tertiary/aromatic N) is 1. The summed E-state index contributed by atoms with van der Waals surface area (Å²) < 4.78 is 15.2. The van der Waals surface area contributed by atoms with E-state index in [2.05, 4.69) is 20.3 Å². The van der Waals surface area contributed by atoms with Crippen LogP contribution in [0.5, 0.6) is 5.88 Å². The second kappa shape index (κ2) is 6.68. The van der Waals surface area contributed by atoms with Gasteiger partial charge in [0.2, 0.25) is 5.88 Å². The molecule has 0 fully saturated rings. The second-order valence-electron chi connectivity index (χ2n) is 3.63. The van der Waals surface area contributed by atoms with Crippen LogP contribution >= 0.6 is 27.5 Å². The van der Waals surface area contributed by atoms with Gasteiger partial charge in [-0.05, 0) is 39.9 Å². The van der Waals surface area contributed by atoms with Gasteiger partial charge in [-0.1, -0.05) is 30.3 Å². The number of esters is 1. The van der Waals surface area contributed by atoms with Gasteiger partial charge in [0, 0.05) is 0 Å². The van der Waals surface area contributed by atoms with Crippen LogP contribution in [0.2, 0.25) is 0 Å². The Kier molecular flexibility index (Phi) is 4.93. The molecule has 0 amide bonds. The van der Waals surface area contributed by atoms with Crippen molar-refractivity contribution in [3.8, 4) is 5.88 Å². The highest BCUT2D eigenvalue weighted by Crippen LogP contribution is 2.32. The molecule has 0 N–H and O–H groups in total. The summed E-state index contributed by atoms with van der Waals surface area (Å²) in [6.07, 6.45) is 0. The minimum absolute atomic E-state index is 0.337. The second-order valence-corrected chi connectivity index (χ2v) is 5.19. The molecule has 0 spiro atoms. The van der Waals surface area contributed by atoms with Crippen molar-refractivity contribution in [2.75, 3.05) is 6.61 Å². The molecule has 6 heteroatoms. The number of hydrogen-bond acceptors (Lipinski definition) is 5. The van der Waals surface area contributed by atoms with Gasteiger partial charge in [0.1, 0.15) is 11.1 Å². The summed E-state index contributed by atoms with van der Waals surface area (Å²) >= 11 is 4.38. The van der Waals surface area contributed by atoms with Crippen molar-refractivity contribution in [1.29, 1.82) is 0 Å². The third-order valence-electron chi connectivity index (χ3n) is 2.29. The van der Waals surface area contributed by atoms with E-state index in [1.165, 1.54) is 0 Å². The molecule has 0 radical (unpaired) electrons. The summed E-state index contributed by atoms with van der Waals surface area (Å²) in [6.45, 7) is 2.51. The normalized spacial score (nSPS) is 10.2. The molecule has 1 aromatic heterocycles. The van der Waals surface area contributed by atoms with Crippen LogP contribution in [-0.2, 0) is 11.3 Å². The minimum Gasteiger partial charge on any atom is -0.471 e. The molecule has 0 aliphatic carbocycles. The molecule has 0 atom stereocenters. The van der Waals surface area contributed by atoms with E-state index in [0.29, 0.717) is 28.4 Å². The molecule has 0 saturated heterocycles. The van der Waals surface area contributed by atoms with Crippen molar-refractivity contribution in [2.24, 2.45) is 0 Å². The van der Waals surface area contributed by atoms with E-state index >= 15 is 0 Å². The van der Waals surface area contributed by atoms with E-state index < -0.39 is 0 Å². The Hall–Kier alpha value is -1.40. The van der Waals surface area contributed by atoms with Gasteiger partial charge in [0.15, 0.2) is 4.88 Å². The van der Waals surface area contributed by atoms with Gasteiger partial charge >= 0.3 is 5.97 Å². The maximum Gasteiger partial charge on any atom is 0.351 e. The van der Waals surface area contributed by atoms with Crippen LogP contribution in [0.3, 0.4) is 0 Å². The fourth-order valence-electron chi connectivity index (χ4n) is 1.40. The van der Waals surface area contributed by atoms with Crippen molar-refractivity contribution < 1.29 is 14.3 Å². The lowest BCUT2D eigenvalue weighted by Gasteiger charge is -2.03. The van der Waals surface area contributed by atoms with Crippen molar-refractivity contribution in [2.45, 2.75) is 13.5 Å². The zero-order chi connectivity index (χ0) is 13.7. The lowest BCUT2D eigenvalue weighted by Crippen LogP contribution is -2.03. The van der Waals surface area contributed by atoms with Crippen LogP contribution in [-0.4, -0.2) is 16.9 Å². The minimum atomic E-state index is -0.388. The summed E-state index contributed by atoms with van der Waals surface area (Å²) in [5.74, 6) is 0.0262. The Morgan fingerprint density at radius 1 is 1.37 bits per heavy atom. The van der Waals surface area contributed by atoms with Gasteiger partial charge in [0.25, 0.3) is 0 Å². The van der Waals surface area contributed by atoms with Crippen LogP contribution < -0.4 is 4.74 Å². The van der Waals surface area contributed by atoms with Gasteiger partial charge < -0.3 is 9.47 Å². The maximum atomic E-state index is 11.6. The third kappa shape index (κ3) is 3.54. The third-order valence-corrected chi connectivity index (χ3v) is 4.09. The standard InChI is InChI=1S/C13H12BrNO3S/c1-2-17-13(16)11-10(14)12(15-19-11)18-8-9-6-4-3-5-7-9/h3-7H,2,8H2,1H3. The zero-order valence-electron chi connectivity index (χ0n) is 10.3. The largest absolute Gasteiger partial charge is 0.471 e. The lowest BCUT2D eigenvalue weighted by molar-refractivity contribution is 0.0530. The van der Waals surface area contributed by atoms with Crippen molar-refractivity contribution in [3.63, 3.8) is 0 Å². The Balaban J connectivity index is 2.04. The summed E-state index contributed by atoms with van der Waals surface area (Å²) in [6, 6.07) is 9.76. The quantitative estimate of drug-likeness (QED) is 0.778. The monoisotopic (exact) mass is 341 g/mol. The molecule has 0 aliphatic heterocycles. The van der Waals surface area contributed by atoms with E-state index in [9.17, 15) is 4.79 Å². The van der Waals surface area contributed by atoms with E-state index in [1.807, 2.05) is 30.3 Å². The van der Waals surface area contributed by atoms with E-state index in [-0.39, 0.29) is 5.97 Å². The van der Waals surface area contributed by atoms with Gasteiger partial charge in [-0.2, -0.15) is 4.37 Å². The first-order valence-corrected chi connectivity index (χ1v) is 7.28. The molecular formula is C13H12BrNO3S. The van der Waals surface area contributed by atoms with Crippen LogP contribution in [0, 0.1) is 0 Å². The summed E-state index contributed by atoms with van der Waals surface area (Å²) in [7, 11) is 0.